The Balaban J connectivity index is 1.48. The molecule has 142 valence electrons. The molecule has 0 unspecified atom stereocenters. The van der Waals surface area contributed by atoms with E-state index < -0.39 is 4.92 Å². The molecule has 7 nitrogen and oxygen atoms in total. The molecule has 3 aromatic carbocycles. The highest BCUT2D eigenvalue weighted by Gasteiger charge is 2.15. The Bertz CT molecular complexity index is 1380. The van der Waals surface area contributed by atoms with Gasteiger partial charge in [-0.25, -0.2) is 4.98 Å². The second-order valence-corrected chi connectivity index (χ2v) is 7.61. The molecule has 5 aromatic rings. The van der Waals surface area contributed by atoms with E-state index in [1.165, 1.54) is 23.5 Å². The minimum Gasteiger partial charge on any atom is -0.423 e. The van der Waals surface area contributed by atoms with Crippen LogP contribution in [0.1, 0.15) is 5.56 Å². The summed E-state index contributed by atoms with van der Waals surface area (Å²) in [6.07, 6.45) is 0. The molecule has 29 heavy (non-hydrogen) atoms. The van der Waals surface area contributed by atoms with Gasteiger partial charge in [-0.3, -0.25) is 15.4 Å². The first-order valence-corrected chi connectivity index (χ1v) is 9.67. The molecule has 1 N–H and O–H groups in total. The van der Waals surface area contributed by atoms with E-state index in [1.807, 2.05) is 55.5 Å². The second kappa shape index (κ2) is 6.68. The molecule has 0 saturated carbocycles. The average molecular weight is 402 g/mol. The van der Waals surface area contributed by atoms with Gasteiger partial charge in [0.05, 0.1) is 15.1 Å². The van der Waals surface area contributed by atoms with Gasteiger partial charge in [-0.15, -0.1) is 0 Å². The van der Waals surface area contributed by atoms with E-state index in [2.05, 4.69) is 15.3 Å². The van der Waals surface area contributed by atoms with Gasteiger partial charge in [-0.05, 0) is 35.7 Å². The molecule has 0 saturated heterocycles. The summed E-state index contributed by atoms with van der Waals surface area (Å²) in [5, 5.41) is 14.7. The van der Waals surface area contributed by atoms with Crippen LogP contribution in [0.2, 0.25) is 0 Å². The van der Waals surface area contributed by atoms with E-state index in [9.17, 15) is 10.1 Å². The number of nitro benzene ring substituents is 1. The summed E-state index contributed by atoms with van der Waals surface area (Å²) in [6, 6.07) is 19.3. The molecular weight excluding hydrogens is 388 g/mol. The summed E-state index contributed by atoms with van der Waals surface area (Å²) in [5.41, 5.74) is 5.10. The molecule has 5 rings (SSSR count). The first-order valence-electron chi connectivity index (χ1n) is 8.85. The number of non-ortho nitro benzene ring substituents is 1. The van der Waals surface area contributed by atoms with Crippen LogP contribution in [0.15, 0.2) is 65.1 Å². The van der Waals surface area contributed by atoms with Crippen molar-refractivity contribution >= 4 is 49.5 Å². The number of oxazole rings is 1. The van der Waals surface area contributed by atoms with Gasteiger partial charge in [0, 0.05) is 12.1 Å². The average Bonchev–Trinajstić information content (AvgIpc) is 3.31. The van der Waals surface area contributed by atoms with Gasteiger partial charge < -0.3 is 4.42 Å². The van der Waals surface area contributed by atoms with Gasteiger partial charge in [0.15, 0.2) is 10.7 Å². The predicted octanol–water partition coefficient (Wildman–Crippen LogP) is 6.06. The number of rotatable bonds is 4. The van der Waals surface area contributed by atoms with E-state index in [-0.39, 0.29) is 5.69 Å². The molecule has 0 amide bonds. The van der Waals surface area contributed by atoms with Crippen molar-refractivity contribution < 1.29 is 9.34 Å². The van der Waals surface area contributed by atoms with Crippen LogP contribution in [0.5, 0.6) is 0 Å². The van der Waals surface area contributed by atoms with Gasteiger partial charge >= 0.3 is 6.01 Å². The first kappa shape index (κ1) is 17.3. The van der Waals surface area contributed by atoms with E-state index in [0.717, 1.165) is 32.4 Å². The van der Waals surface area contributed by atoms with Crippen LogP contribution >= 0.6 is 11.3 Å². The van der Waals surface area contributed by atoms with Crippen molar-refractivity contribution in [2.75, 3.05) is 5.32 Å². The number of anilines is 2. The maximum absolute atomic E-state index is 11.1. The number of nitrogens with one attached hydrogen (secondary N) is 1. The quantitative estimate of drug-likeness (QED) is 0.290. The lowest BCUT2D eigenvalue weighted by Crippen LogP contribution is -1.90. The van der Waals surface area contributed by atoms with Crippen molar-refractivity contribution in [2.24, 2.45) is 0 Å². The summed E-state index contributed by atoms with van der Waals surface area (Å²) in [5.74, 6) is 0. The van der Waals surface area contributed by atoms with Gasteiger partial charge in [0.1, 0.15) is 5.52 Å². The third-order valence-electron chi connectivity index (χ3n) is 4.59. The Morgan fingerprint density at radius 1 is 1.03 bits per heavy atom. The van der Waals surface area contributed by atoms with Crippen LogP contribution in [0.25, 0.3) is 32.4 Å². The maximum atomic E-state index is 11.1. The number of fused-ring (bicyclic) bond motifs is 2. The highest BCUT2D eigenvalue weighted by Crippen LogP contribution is 2.34. The molecule has 0 bridgehead atoms. The predicted molar refractivity (Wildman–Crippen MR) is 114 cm³/mol. The molecular formula is C21H14N4O3S. The van der Waals surface area contributed by atoms with Gasteiger partial charge in [0.2, 0.25) is 0 Å². The number of hydrogen-bond acceptors (Lipinski definition) is 7. The lowest BCUT2D eigenvalue weighted by molar-refractivity contribution is -0.384. The van der Waals surface area contributed by atoms with Gasteiger partial charge in [-0.2, -0.15) is 4.98 Å². The third kappa shape index (κ3) is 3.19. The van der Waals surface area contributed by atoms with Crippen molar-refractivity contribution in [1.82, 2.24) is 9.97 Å². The van der Waals surface area contributed by atoms with Crippen LogP contribution in [0.4, 0.5) is 16.8 Å². The number of aromatic nitrogens is 2. The van der Waals surface area contributed by atoms with Crippen molar-refractivity contribution in [3.8, 4) is 11.1 Å². The standard InChI is InChI=1S/C21H14N4O3S/c1-12-9-15(25(26)27)11-18-19(12)23-21(29-18)24-20-22-16-10-14(7-8-17(16)28-20)13-5-3-2-4-6-13/h2-11H,1H3,(H,22,23,24). The van der Waals surface area contributed by atoms with Crippen LogP contribution in [-0.2, 0) is 0 Å². The minimum absolute atomic E-state index is 0.0560. The number of nitro groups is 1. The summed E-state index contributed by atoms with van der Waals surface area (Å²) >= 11 is 1.32. The van der Waals surface area contributed by atoms with Crippen LogP contribution in [0, 0.1) is 17.0 Å². The van der Waals surface area contributed by atoms with Crippen molar-refractivity contribution in [3.05, 3.63) is 76.3 Å². The van der Waals surface area contributed by atoms with Crippen LogP contribution in [0.3, 0.4) is 0 Å². The van der Waals surface area contributed by atoms with E-state index >= 15 is 0 Å². The molecule has 0 aliphatic heterocycles. The highest BCUT2D eigenvalue weighted by atomic mass is 32.1. The summed E-state index contributed by atoms with van der Waals surface area (Å²) in [7, 11) is 0. The topological polar surface area (TPSA) is 94.1 Å². The Morgan fingerprint density at radius 3 is 2.66 bits per heavy atom. The molecule has 0 radical (unpaired) electrons. The Labute approximate surface area is 168 Å². The Morgan fingerprint density at radius 2 is 1.86 bits per heavy atom. The Kier molecular flexibility index (Phi) is 3.99. The largest absolute Gasteiger partial charge is 0.423 e. The number of hydrogen-bond donors (Lipinski definition) is 1. The normalized spacial score (nSPS) is 11.2. The second-order valence-electron chi connectivity index (χ2n) is 6.58. The van der Waals surface area contributed by atoms with Crippen molar-refractivity contribution in [3.63, 3.8) is 0 Å². The number of benzene rings is 3. The molecule has 2 heterocycles. The fraction of sp³-hybridized carbons (Fsp3) is 0.0476. The molecule has 0 aliphatic carbocycles. The summed E-state index contributed by atoms with van der Waals surface area (Å²) in [6.45, 7) is 1.81. The van der Waals surface area contributed by atoms with E-state index in [1.54, 1.807) is 0 Å². The lowest BCUT2D eigenvalue weighted by atomic mass is 10.1. The zero-order valence-corrected chi connectivity index (χ0v) is 16.1. The van der Waals surface area contributed by atoms with Gasteiger partial charge in [0.25, 0.3) is 5.69 Å². The molecule has 0 fully saturated rings. The molecule has 0 spiro atoms. The zero-order valence-electron chi connectivity index (χ0n) is 15.2. The minimum atomic E-state index is -0.398. The molecule has 2 aromatic heterocycles. The number of aryl methyl sites for hydroxylation is 1. The van der Waals surface area contributed by atoms with Gasteiger partial charge in [-0.1, -0.05) is 47.7 Å². The van der Waals surface area contributed by atoms with Crippen molar-refractivity contribution in [1.29, 1.82) is 0 Å². The maximum Gasteiger partial charge on any atom is 0.302 e. The van der Waals surface area contributed by atoms with Crippen molar-refractivity contribution in [2.45, 2.75) is 6.92 Å². The molecule has 0 atom stereocenters. The fourth-order valence-corrected chi connectivity index (χ4v) is 4.19. The van der Waals surface area contributed by atoms with E-state index in [4.69, 9.17) is 4.42 Å². The SMILES string of the molecule is Cc1cc([N+](=O)[O-])cc2sc(Nc3nc4cc(-c5ccccc5)ccc4o3)nc12. The third-order valence-corrected chi connectivity index (χ3v) is 5.51. The van der Waals surface area contributed by atoms with E-state index in [0.29, 0.717) is 16.7 Å². The number of thiazole rings is 1. The fourth-order valence-electron chi connectivity index (χ4n) is 3.22. The first-order chi connectivity index (χ1) is 14.1. The lowest BCUT2D eigenvalue weighted by Gasteiger charge is -1.99. The zero-order chi connectivity index (χ0) is 20.0. The number of nitrogens with zero attached hydrogens (tertiary/aromatic N) is 3. The highest BCUT2D eigenvalue weighted by molar-refractivity contribution is 7.22. The monoisotopic (exact) mass is 402 g/mol. The van der Waals surface area contributed by atoms with Crippen LogP contribution < -0.4 is 5.32 Å². The molecule has 0 aliphatic rings. The Hall–Kier alpha value is -3.78. The smallest absolute Gasteiger partial charge is 0.302 e. The van der Waals surface area contributed by atoms with Crippen LogP contribution in [-0.4, -0.2) is 14.9 Å². The summed E-state index contributed by atoms with van der Waals surface area (Å²) < 4.78 is 6.52. The summed E-state index contributed by atoms with van der Waals surface area (Å²) in [4.78, 5) is 19.7. The molecule has 8 heteroatoms.